The summed E-state index contributed by atoms with van der Waals surface area (Å²) in [6.45, 7) is 1.81. The third-order valence-electron chi connectivity index (χ3n) is 4.41. The van der Waals surface area contributed by atoms with Gasteiger partial charge in [0.25, 0.3) is 5.91 Å². The number of anilines is 1. The summed E-state index contributed by atoms with van der Waals surface area (Å²) in [7, 11) is -3.04. The summed E-state index contributed by atoms with van der Waals surface area (Å²) in [5.74, 6) is 0.354. The largest absolute Gasteiger partial charge is 0.305 e. The highest BCUT2D eigenvalue weighted by Gasteiger charge is 2.31. The zero-order valence-electron chi connectivity index (χ0n) is 14.6. The lowest BCUT2D eigenvalue weighted by Crippen LogP contribution is -2.19. The summed E-state index contributed by atoms with van der Waals surface area (Å²) in [6.07, 6.45) is 0.501. The molecule has 0 bridgehead atoms. The number of rotatable bonds is 4. The summed E-state index contributed by atoms with van der Waals surface area (Å²) >= 11 is 1.40. The van der Waals surface area contributed by atoms with Crippen molar-refractivity contribution in [2.24, 2.45) is 0 Å². The van der Waals surface area contributed by atoms with Crippen molar-refractivity contribution < 1.29 is 13.2 Å². The van der Waals surface area contributed by atoms with E-state index in [1.807, 2.05) is 37.3 Å². The van der Waals surface area contributed by atoms with Gasteiger partial charge in [-0.3, -0.25) is 4.79 Å². The Morgan fingerprint density at radius 2 is 2.07 bits per heavy atom. The minimum Gasteiger partial charge on any atom is -0.305 e. The number of nitrogens with one attached hydrogen (secondary N) is 1. The number of nitrogens with zero attached hydrogens (tertiary/aromatic N) is 3. The van der Waals surface area contributed by atoms with Crippen LogP contribution >= 0.6 is 11.3 Å². The molecule has 1 aliphatic heterocycles. The van der Waals surface area contributed by atoms with Crippen LogP contribution < -0.4 is 5.32 Å². The van der Waals surface area contributed by atoms with Crippen molar-refractivity contribution in [2.75, 3.05) is 16.8 Å². The topological polar surface area (TPSA) is 94.0 Å². The lowest BCUT2D eigenvalue weighted by atomic mass is 10.2. The van der Waals surface area contributed by atoms with E-state index in [9.17, 15) is 13.2 Å². The number of carbonyl (C=O) groups excluding carboxylic acids is 1. The average molecular weight is 403 g/mol. The molecule has 1 aromatic carbocycles. The number of sulfone groups is 1. The first-order chi connectivity index (χ1) is 12.9. The Morgan fingerprint density at radius 1 is 1.30 bits per heavy atom. The van der Waals surface area contributed by atoms with Crippen LogP contribution in [0.3, 0.4) is 0 Å². The molecule has 0 radical (unpaired) electrons. The Bertz CT molecular complexity index is 1090. The molecular weight excluding hydrogens is 384 g/mol. The quantitative estimate of drug-likeness (QED) is 0.724. The van der Waals surface area contributed by atoms with Gasteiger partial charge < -0.3 is 5.32 Å². The Kier molecular flexibility index (Phi) is 4.56. The number of aromatic nitrogens is 3. The number of hydrogen-bond donors (Lipinski definition) is 1. The van der Waals surface area contributed by atoms with Crippen LogP contribution in [0.2, 0.25) is 0 Å². The fourth-order valence-corrected chi connectivity index (χ4v) is 5.63. The molecule has 140 valence electrons. The highest BCUT2D eigenvalue weighted by Crippen LogP contribution is 2.28. The monoisotopic (exact) mass is 402 g/mol. The van der Waals surface area contributed by atoms with Gasteiger partial charge in [0, 0.05) is 17.0 Å². The maximum Gasteiger partial charge on any atom is 0.276 e. The minimum atomic E-state index is -3.04. The van der Waals surface area contributed by atoms with E-state index in [4.69, 9.17) is 0 Å². The Hall–Kier alpha value is -2.52. The normalized spacial score (nSPS) is 18.5. The van der Waals surface area contributed by atoms with Gasteiger partial charge in [-0.05, 0) is 13.3 Å². The lowest BCUT2D eigenvalue weighted by Gasteiger charge is -2.13. The van der Waals surface area contributed by atoms with Gasteiger partial charge in [0.2, 0.25) is 0 Å². The third-order valence-corrected chi connectivity index (χ3v) is 7.05. The van der Waals surface area contributed by atoms with E-state index < -0.39 is 9.84 Å². The van der Waals surface area contributed by atoms with Crippen LogP contribution in [-0.4, -0.2) is 40.6 Å². The number of carbonyl (C=O) groups is 1. The van der Waals surface area contributed by atoms with Crippen molar-refractivity contribution >= 4 is 32.9 Å². The molecule has 1 amide bonds. The zero-order chi connectivity index (χ0) is 19.0. The van der Waals surface area contributed by atoms with Crippen molar-refractivity contribution in [3.05, 3.63) is 53.2 Å². The van der Waals surface area contributed by atoms with Gasteiger partial charge in [-0.1, -0.05) is 30.3 Å². The van der Waals surface area contributed by atoms with E-state index in [2.05, 4.69) is 15.4 Å². The molecule has 7 nitrogen and oxygen atoms in total. The standard InChI is InChI=1S/C18H18N4O3S2/c1-12-9-16(22(21-12)14-7-8-27(24,25)11-14)20-17(23)15-10-26-18(19-15)13-5-3-2-4-6-13/h2-6,9-10,14H,7-8,11H2,1H3,(H,20,23)/t14-/m1/s1. The van der Waals surface area contributed by atoms with Crippen LogP contribution in [-0.2, 0) is 9.84 Å². The highest BCUT2D eigenvalue weighted by molar-refractivity contribution is 7.91. The summed E-state index contributed by atoms with van der Waals surface area (Å²) in [5, 5.41) is 9.69. The molecule has 1 atom stereocenters. The molecule has 0 aliphatic carbocycles. The Balaban J connectivity index is 1.55. The highest BCUT2D eigenvalue weighted by atomic mass is 32.2. The molecule has 27 heavy (non-hydrogen) atoms. The van der Waals surface area contributed by atoms with Gasteiger partial charge in [-0.2, -0.15) is 5.10 Å². The van der Waals surface area contributed by atoms with Crippen LogP contribution in [0.25, 0.3) is 10.6 Å². The first-order valence-corrected chi connectivity index (χ1v) is 11.2. The summed E-state index contributed by atoms with van der Waals surface area (Å²) in [5.41, 5.74) is 2.00. The molecule has 2 aromatic heterocycles. The number of thiazole rings is 1. The Labute approximate surface area is 161 Å². The number of benzene rings is 1. The molecule has 1 fully saturated rings. The van der Waals surface area contributed by atoms with E-state index in [1.165, 1.54) is 11.3 Å². The van der Waals surface area contributed by atoms with Gasteiger partial charge >= 0.3 is 0 Å². The Morgan fingerprint density at radius 3 is 2.78 bits per heavy atom. The van der Waals surface area contributed by atoms with E-state index in [1.54, 1.807) is 16.1 Å². The maximum absolute atomic E-state index is 12.6. The first-order valence-electron chi connectivity index (χ1n) is 8.50. The van der Waals surface area contributed by atoms with Crippen LogP contribution in [0.5, 0.6) is 0 Å². The number of aryl methyl sites for hydroxylation is 1. The molecule has 4 rings (SSSR count). The third kappa shape index (κ3) is 3.79. The predicted molar refractivity (Wildman–Crippen MR) is 105 cm³/mol. The van der Waals surface area contributed by atoms with Crippen LogP contribution in [0.4, 0.5) is 5.82 Å². The molecule has 1 aliphatic rings. The first kappa shape index (κ1) is 17.9. The van der Waals surface area contributed by atoms with Crippen LogP contribution in [0, 0.1) is 6.92 Å². The predicted octanol–water partition coefficient (Wildman–Crippen LogP) is 2.93. The summed E-state index contributed by atoms with van der Waals surface area (Å²) in [6, 6.07) is 11.2. The van der Waals surface area contributed by atoms with Gasteiger partial charge in [0.05, 0.1) is 23.2 Å². The van der Waals surface area contributed by atoms with E-state index in [0.717, 1.165) is 16.3 Å². The van der Waals surface area contributed by atoms with Crippen molar-refractivity contribution in [3.63, 3.8) is 0 Å². The molecule has 0 unspecified atom stereocenters. The van der Waals surface area contributed by atoms with Crippen molar-refractivity contribution in [1.82, 2.24) is 14.8 Å². The van der Waals surface area contributed by atoms with E-state index >= 15 is 0 Å². The zero-order valence-corrected chi connectivity index (χ0v) is 16.3. The maximum atomic E-state index is 12.6. The smallest absolute Gasteiger partial charge is 0.276 e. The second-order valence-electron chi connectivity index (χ2n) is 6.53. The fourth-order valence-electron chi connectivity index (χ4n) is 3.13. The second-order valence-corrected chi connectivity index (χ2v) is 9.62. The lowest BCUT2D eigenvalue weighted by molar-refractivity contribution is 0.102. The molecular formula is C18H18N4O3S2. The summed E-state index contributed by atoms with van der Waals surface area (Å²) < 4.78 is 25.2. The number of amides is 1. The van der Waals surface area contributed by atoms with E-state index in [0.29, 0.717) is 17.9 Å². The average Bonchev–Trinajstić information content (AvgIpc) is 3.34. The van der Waals surface area contributed by atoms with Gasteiger partial charge in [-0.25, -0.2) is 18.1 Å². The molecule has 1 saturated heterocycles. The van der Waals surface area contributed by atoms with Gasteiger partial charge in [-0.15, -0.1) is 11.3 Å². The van der Waals surface area contributed by atoms with Gasteiger partial charge in [0.15, 0.2) is 9.84 Å². The fraction of sp³-hybridized carbons (Fsp3) is 0.278. The molecule has 3 aromatic rings. The van der Waals surface area contributed by atoms with Crippen molar-refractivity contribution in [1.29, 1.82) is 0 Å². The molecule has 1 N–H and O–H groups in total. The van der Waals surface area contributed by atoms with Crippen LogP contribution in [0.1, 0.15) is 28.6 Å². The van der Waals surface area contributed by atoms with Crippen LogP contribution in [0.15, 0.2) is 41.8 Å². The SMILES string of the molecule is Cc1cc(NC(=O)c2csc(-c3ccccc3)n2)n([C@@H]2CCS(=O)(=O)C2)n1. The molecule has 0 saturated carbocycles. The number of hydrogen-bond acceptors (Lipinski definition) is 6. The molecule has 9 heteroatoms. The second kappa shape index (κ2) is 6.90. The molecule has 0 spiro atoms. The molecule has 3 heterocycles. The summed E-state index contributed by atoms with van der Waals surface area (Å²) in [4.78, 5) is 17.1. The van der Waals surface area contributed by atoms with Crippen molar-refractivity contribution in [2.45, 2.75) is 19.4 Å². The van der Waals surface area contributed by atoms with E-state index in [-0.39, 0.29) is 23.5 Å². The van der Waals surface area contributed by atoms with Gasteiger partial charge in [0.1, 0.15) is 16.5 Å². The van der Waals surface area contributed by atoms with Crippen molar-refractivity contribution in [3.8, 4) is 10.6 Å². The minimum absolute atomic E-state index is 0.0475.